The van der Waals surface area contributed by atoms with E-state index in [1.54, 1.807) is 26.0 Å². The molecule has 0 saturated carbocycles. The van der Waals surface area contributed by atoms with E-state index in [0.29, 0.717) is 11.1 Å². The Morgan fingerprint density at radius 2 is 1.58 bits per heavy atom. The monoisotopic (exact) mass is 287 g/mol. The predicted molar refractivity (Wildman–Crippen MR) is 74.2 cm³/mol. The van der Waals surface area contributed by atoms with Gasteiger partial charge in [0, 0.05) is 13.1 Å². The van der Waals surface area contributed by atoms with Crippen LogP contribution in [0.4, 0.5) is 0 Å². The molecule has 0 radical (unpaired) electrons. The third-order valence-corrected chi connectivity index (χ3v) is 3.87. The molecule has 0 aromatic heterocycles. The molecule has 1 heterocycles. The Kier molecular flexibility index (Phi) is 5.93. The molecule has 0 amide bonds. The van der Waals surface area contributed by atoms with Crippen molar-refractivity contribution in [1.29, 1.82) is 0 Å². The third kappa shape index (κ3) is 5.28. The highest BCUT2D eigenvalue weighted by molar-refractivity contribution is 7.86. The highest BCUT2D eigenvalue weighted by atomic mass is 32.2. The Bertz CT molecular complexity index is 487. The summed E-state index contributed by atoms with van der Waals surface area (Å²) >= 11 is 0. The lowest BCUT2D eigenvalue weighted by Crippen LogP contribution is -2.30. The molecule has 1 aliphatic rings. The smallest absolute Gasteiger partial charge is 0.295 e. The molecule has 19 heavy (non-hydrogen) atoms. The Balaban J connectivity index is 0.000000250. The van der Waals surface area contributed by atoms with Crippen molar-refractivity contribution in [1.82, 2.24) is 5.32 Å². The van der Waals surface area contributed by atoms with Gasteiger partial charge in [-0.15, -0.1) is 0 Å². The van der Waals surface area contributed by atoms with Crippen LogP contribution in [0, 0.1) is 20.8 Å². The molecule has 2 N–H and O–H groups in total. The third-order valence-electron chi connectivity index (χ3n) is 2.71. The lowest BCUT2D eigenvalue weighted by molar-refractivity contribution is 0.109. The summed E-state index contributed by atoms with van der Waals surface area (Å²) in [6.07, 6.45) is 0. The minimum Gasteiger partial charge on any atom is -0.379 e. The first kappa shape index (κ1) is 16.1. The van der Waals surface area contributed by atoms with Gasteiger partial charge in [0.1, 0.15) is 0 Å². The fourth-order valence-corrected chi connectivity index (χ4v) is 3.02. The number of aryl methyl sites for hydroxylation is 3. The standard InChI is InChI=1S/C9H12O3S.C4H9NO/c1-6-4-7(2)9(8(3)5-6)13(10,11)12;1-3-6-4-2-5-1/h4-5H,1-3H3,(H,10,11,12);5H,1-4H2. The lowest BCUT2D eigenvalue weighted by atomic mass is 10.1. The van der Waals surface area contributed by atoms with Crippen LogP contribution in [-0.2, 0) is 14.9 Å². The first-order valence-corrected chi connectivity index (χ1v) is 7.60. The van der Waals surface area contributed by atoms with Crippen LogP contribution >= 0.6 is 0 Å². The molecule has 2 rings (SSSR count). The fourth-order valence-electron chi connectivity index (χ4n) is 2.09. The van der Waals surface area contributed by atoms with Gasteiger partial charge in [0.05, 0.1) is 18.1 Å². The summed E-state index contributed by atoms with van der Waals surface area (Å²) in [5.41, 5.74) is 2.16. The summed E-state index contributed by atoms with van der Waals surface area (Å²) in [7, 11) is -4.08. The molecule has 108 valence electrons. The van der Waals surface area contributed by atoms with Crippen molar-refractivity contribution in [3.63, 3.8) is 0 Å². The first-order valence-electron chi connectivity index (χ1n) is 6.16. The van der Waals surface area contributed by atoms with Gasteiger partial charge in [0.25, 0.3) is 10.1 Å². The number of ether oxygens (including phenoxy) is 1. The van der Waals surface area contributed by atoms with Crippen LogP contribution < -0.4 is 5.32 Å². The lowest BCUT2D eigenvalue weighted by Gasteiger charge is -2.10. The maximum absolute atomic E-state index is 10.9. The molecule has 6 heteroatoms. The maximum atomic E-state index is 10.9. The van der Waals surface area contributed by atoms with Crippen LogP contribution in [0.25, 0.3) is 0 Å². The molecule has 0 spiro atoms. The molecule has 1 aromatic rings. The average Bonchev–Trinajstić information content (AvgIpc) is 2.28. The maximum Gasteiger partial charge on any atom is 0.295 e. The van der Waals surface area contributed by atoms with Gasteiger partial charge in [-0.05, 0) is 31.9 Å². The Morgan fingerprint density at radius 3 is 1.84 bits per heavy atom. The number of hydrogen-bond donors (Lipinski definition) is 2. The highest BCUT2D eigenvalue weighted by Crippen LogP contribution is 2.20. The van der Waals surface area contributed by atoms with Gasteiger partial charge in [-0.25, -0.2) is 0 Å². The summed E-state index contributed by atoms with van der Waals surface area (Å²) in [6.45, 7) is 9.06. The number of rotatable bonds is 1. The number of nitrogens with one attached hydrogen (secondary N) is 1. The molecule has 1 aliphatic heterocycles. The quantitative estimate of drug-likeness (QED) is 0.765. The van der Waals surface area contributed by atoms with Crippen molar-refractivity contribution >= 4 is 10.1 Å². The van der Waals surface area contributed by atoms with Gasteiger partial charge >= 0.3 is 0 Å². The molecule has 0 aliphatic carbocycles. The number of morpholine rings is 1. The Hall–Kier alpha value is -0.950. The van der Waals surface area contributed by atoms with E-state index in [1.807, 2.05) is 6.92 Å². The van der Waals surface area contributed by atoms with Gasteiger partial charge in [0.15, 0.2) is 0 Å². The topological polar surface area (TPSA) is 75.6 Å². The summed E-state index contributed by atoms with van der Waals surface area (Å²) in [4.78, 5) is 0.0260. The fraction of sp³-hybridized carbons (Fsp3) is 0.538. The molecular weight excluding hydrogens is 266 g/mol. The number of hydrogen-bond acceptors (Lipinski definition) is 4. The second kappa shape index (κ2) is 7.00. The molecule has 1 saturated heterocycles. The van der Waals surface area contributed by atoms with E-state index < -0.39 is 10.1 Å². The van der Waals surface area contributed by atoms with Gasteiger partial charge in [-0.2, -0.15) is 8.42 Å². The van der Waals surface area contributed by atoms with E-state index in [-0.39, 0.29) is 4.90 Å². The Labute approximate surface area is 114 Å². The van der Waals surface area contributed by atoms with Gasteiger partial charge in [-0.1, -0.05) is 17.7 Å². The second-order valence-electron chi connectivity index (χ2n) is 4.57. The largest absolute Gasteiger partial charge is 0.379 e. The van der Waals surface area contributed by atoms with Crippen LogP contribution in [0.3, 0.4) is 0 Å². The molecule has 0 bridgehead atoms. The normalized spacial score (nSPS) is 15.6. The zero-order valence-corrected chi connectivity index (χ0v) is 12.4. The van der Waals surface area contributed by atoms with Crippen LogP contribution in [0.15, 0.2) is 17.0 Å². The predicted octanol–water partition coefficient (Wildman–Crippen LogP) is 1.46. The molecule has 0 atom stereocenters. The molecule has 1 aromatic carbocycles. The minimum atomic E-state index is -4.08. The minimum absolute atomic E-state index is 0.0260. The van der Waals surface area contributed by atoms with Crippen LogP contribution in [0.1, 0.15) is 16.7 Å². The van der Waals surface area contributed by atoms with E-state index in [2.05, 4.69) is 5.32 Å². The molecule has 0 unspecified atom stereocenters. The van der Waals surface area contributed by atoms with Gasteiger partial charge in [0.2, 0.25) is 0 Å². The van der Waals surface area contributed by atoms with E-state index in [0.717, 1.165) is 31.9 Å². The highest BCUT2D eigenvalue weighted by Gasteiger charge is 2.15. The average molecular weight is 287 g/mol. The zero-order chi connectivity index (χ0) is 14.5. The van der Waals surface area contributed by atoms with Crippen molar-refractivity contribution in [2.75, 3.05) is 26.3 Å². The van der Waals surface area contributed by atoms with Crippen molar-refractivity contribution in [3.05, 3.63) is 28.8 Å². The van der Waals surface area contributed by atoms with Crippen molar-refractivity contribution in [3.8, 4) is 0 Å². The first-order chi connectivity index (χ1) is 8.82. The van der Waals surface area contributed by atoms with E-state index in [9.17, 15) is 8.42 Å². The number of benzene rings is 1. The summed E-state index contributed by atoms with van der Waals surface area (Å²) < 4.78 is 35.8. The zero-order valence-electron chi connectivity index (χ0n) is 11.6. The van der Waals surface area contributed by atoms with Crippen molar-refractivity contribution < 1.29 is 17.7 Å². The Morgan fingerprint density at radius 1 is 1.11 bits per heavy atom. The van der Waals surface area contributed by atoms with E-state index >= 15 is 0 Å². The summed E-state index contributed by atoms with van der Waals surface area (Å²) in [5, 5.41) is 3.16. The van der Waals surface area contributed by atoms with Crippen LogP contribution in [-0.4, -0.2) is 39.3 Å². The van der Waals surface area contributed by atoms with Gasteiger partial charge < -0.3 is 10.1 Å². The van der Waals surface area contributed by atoms with E-state index in [1.165, 1.54) is 0 Å². The SMILES string of the molecule is C1COCCN1.Cc1cc(C)c(S(=O)(=O)O)c(C)c1. The summed E-state index contributed by atoms with van der Waals surface area (Å²) in [6, 6.07) is 3.46. The molecular formula is C13H21NO4S. The molecule has 1 fully saturated rings. The summed E-state index contributed by atoms with van der Waals surface area (Å²) in [5.74, 6) is 0. The van der Waals surface area contributed by atoms with Gasteiger partial charge in [-0.3, -0.25) is 4.55 Å². The van der Waals surface area contributed by atoms with Crippen LogP contribution in [0.5, 0.6) is 0 Å². The van der Waals surface area contributed by atoms with Crippen molar-refractivity contribution in [2.24, 2.45) is 0 Å². The molecule has 5 nitrogen and oxygen atoms in total. The second-order valence-corrected chi connectivity index (χ2v) is 5.92. The van der Waals surface area contributed by atoms with E-state index in [4.69, 9.17) is 9.29 Å². The van der Waals surface area contributed by atoms with Crippen LogP contribution in [0.2, 0.25) is 0 Å². The van der Waals surface area contributed by atoms with Crippen molar-refractivity contribution in [2.45, 2.75) is 25.7 Å².